The van der Waals surface area contributed by atoms with Gasteiger partial charge in [0, 0.05) is 16.3 Å². The van der Waals surface area contributed by atoms with E-state index in [1.165, 1.54) is 24.1 Å². The molecule has 1 saturated heterocycles. The normalized spacial score (nSPS) is 16.9. The zero-order chi connectivity index (χ0) is 25.1. The summed E-state index contributed by atoms with van der Waals surface area (Å²) in [4.78, 5) is 39.8. The number of ketones is 1. The predicted octanol–water partition coefficient (Wildman–Crippen LogP) is 5.15. The molecule has 0 unspecified atom stereocenters. The van der Waals surface area contributed by atoms with E-state index in [4.69, 9.17) is 21.1 Å². The third-order valence-electron chi connectivity index (χ3n) is 5.66. The number of methoxy groups -OCH3 is 1. The number of esters is 1. The van der Waals surface area contributed by atoms with Gasteiger partial charge in [0.1, 0.15) is 11.5 Å². The number of carbonyl (C=O) groups is 3. The second kappa shape index (κ2) is 10.0. The van der Waals surface area contributed by atoms with Crippen LogP contribution in [0.4, 0.5) is 5.69 Å². The van der Waals surface area contributed by atoms with Crippen LogP contribution in [-0.4, -0.2) is 36.5 Å². The van der Waals surface area contributed by atoms with Crippen LogP contribution >= 0.6 is 11.6 Å². The minimum Gasteiger partial charge on any atom is -0.507 e. The molecule has 8 heteroatoms. The van der Waals surface area contributed by atoms with Gasteiger partial charge in [-0.15, -0.1) is 0 Å². The lowest BCUT2D eigenvalue weighted by Crippen LogP contribution is -2.29. The first kappa shape index (κ1) is 24.0. The summed E-state index contributed by atoms with van der Waals surface area (Å²) >= 11 is 6.48. The van der Waals surface area contributed by atoms with Crippen LogP contribution in [0.25, 0.3) is 5.76 Å². The minimum atomic E-state index is -0.987. The summed E-state index contributed by atoms with van der Waals surface area (Å²) in [5, 5.41) is 11.5. The molecule has 1 aliphatic rings. The molecule has 3 aromatic rings. The van der Waals surface area contributed by atoms with Crippen molar-refractivity contribution in [2.24, 2.45) is 0 Å². The molecule has 1 amide bonds. The van der Waals surface area contributed by atoms with Gasteiger partial charge in [0.25, 0.3) is 11.7 Å². The van der Waals surface area contributed by atoms with Crippen LogP contribution in [0.3, 0.4) is 0 Å². The highest BCUT2D eigenvalue weighted by Gasteiger charge is 2.47. The van der Waals surface area contributed by atoms with Crippen LogP contribution in [0.2, 0.25) is 5.02 Å². The second-order valence-electron chi connectivity index (χ2n) is 7.69. The van der Waals surface area contributed by atoms with Gasteiger partial charge in [-0.1, -0.05) is 29.8 Å². The molecule has 0 saturated carbocycles. The number of hydrogen-bond acceptors (Lipinski definition) is 6. The topological polar surface area (TPSA) is 93.1 Å². The first-order valence-corrected chi connectivity index (χ1v) is 11.2. The molecule has 1 heterocycles. The highest BCUT2D eigenvalue weighted by Crippen LogP contribution is 2.44. The van der Waals surface area contributed by atoms with Crippen molar-refractivity contribution < 1.29 is 29.0 Å². The van der Waals surface area contributed by atoms with Crippen molar-refractivity contribution in [1.29, 1.82) is 0 Å². The van der Waals surface area contributed by atoms with Crippen molar-refractivity contribution in [3.8, 4) is 5.75 Å². The van der Waals surface area contributed by atoms with Crippen LogP contribution in [0.1, 0.15) is 34.5 Å². The summed E-state index contributed by atoms with van der Waals surface area (Å²) in [6, 6.07) is 18.4. The van der Waals surface area contributed by atoms with E-state index in [0.29, 0.717) is 33.1 Å². The molecular weight excluding hydrogens is 470 g/mol. The van der Waals surface area contributed by atoms with Gasteiger partial charge < -0.3 is 14.6 Å². The van der Waals surface area contributed by atoms with Crippen LogP contribution in [0.5, 0.6) is 5.75 Å². The van der Waals surface area contributed by atoms with Gasteiger partial charge in [0.05, 0.1) is 30.9 Å². The fourth-order valence-corrected chi connectivity index (χ4v) is 4.21. The number of Topliss-reactive ketones (excluding diaryl/α,β-unsaturated/α-hetero) is 1. The van der Waals surface area contributed by atoms with Crippen molar-refractivity contribution in [3.05, 3.63) is 100 Å². The standard InChI is InChI=1S/C27H22ClNO6/c1-3-35-27(33)17-8-12-18(13-9-17)29-23(20-6-4-5-7-21(20)28)22(25(31)26(29)32)24(30)16-10-14-19(34-2)15-11-16/h4-15,23,30H,3H2,1-2H3/b24-22-/t23-/m1/s1. The minimum absolute atomic E-state index is 0.0947. The average Bonchev–Trinajstić information content (AvgIpc) is 3.14. The summed E-state index contributed by atoms with van der Waals surface area (Å²) in [5.41, 5.74) is 1.39. The molecule has 1 N–H and O–H groups in total. The van der Waals surface area contributed by atoms with Gasteiger partial charge in [-0.25, -0.2) is 4.79 Å². The molecule has 1 aliphatic heterocycles. The number of nitrogens with zero attached hydrogens (tertiary/aromatic N) is 1. The number of ether oxygens (including phenoxy) is 2. The highest BCUT2D eigenvalue weighted by atomic mass is 35.5. The summed E-state index contributed by atoms with van der Waals surface area (Å²) in [6.45, 7) is 1.94. The Hall–Kier alpha value is -4.10. The average molecular weight is 492 g/mol. The Kier molecular flexibility index (Phi) is 6.89. The maximum absolute atomic E-state index is 13.2. The maximum atomic E-state index is 13.2. The summed E-state index contributed by atoms with van der Waals surface area (Å²) < 4.78 is 10.2. The monoisotopic (exact) mass is 491 g/mol. The Bertz CT molecular complexity index is 1310. The molecule has 0 aromatic heterocycles. The third kappa shape index (κ3) is 4.50. The first-order chi connectivity index (χ1) is 16.9. The molecule has 178 valence electrons. The molecule has 35 heavy (non-hydrogen) atoms. The maximum Gasteiger partial charge on any atom is 0.338 e. The van der Waals surface area contributed by atoms with Gasteiger partial charge in [0.15, 0.2) is 0 Å². The van der Waals surface area contributed by atoms with Crippen LogP contribution < -0.4 is 9.64 Å². The third-order valence-corrected chi connectivity index (χ3v) is 6.01. The van der Waals surface area contributed by atoms with Crippen molar-refractivity contribution >= 4 is 40.7 Å². The zero-order valence-corrected chi connectivity index (χ0v) is 19.8. The number of anilines is 1. The Balaban J connectivity index is 1.86. The van der Waals surface area contributed by atoms with E-state index >= 15 is 0 Å². The van der Waals surface area contributed by atoms with Crippen molar-refractivity contribution in [2.75, 3.05) is 18.6 Å². The van der Waals surface area contributed by atoms with Crippen LogP contribution in [0.15, 0.2) is 78.4 Å². The molecule has 0 bridgehead atoms. The lowest BCUT2D eigenvalue weighted by Gasteiger charge is -2.26. The molecule has 0 spiro atoms. The fourth-order valence-electron chi connectivity index (χ4n) is 3.97. The van der Waals surface area contributed by atoms with Crippen LogP contribution in [0, 0.1) is 0 Å². The van der Waals surface area contributed by atoms with E-state index in [0.717, 1.165) is 0 Å². The molecule has 7 nitrogen and oxygen atoms in total. The van der Waals surface area contributed by atoms with E-state index in [1.807, 2.05) is 0 Å². The predicted molar refractivity (Wildman–Crippen MR) is 132 cm³/mol. The lowest BCUT2D eigenvalue weighted by molar-refractivity contribution is -0.132. The number of carbonyl (C=O) groups excluding carboxylic acids is 3. The zero-order valence-electron chi connectivity index (χ0n) is 19.0. The van der Waals surface area contributed by atoms with Crippen molar-refractivity contribution in [1.82, 2.24) is 0 Å². The van der Waals surface area contributed by atoms with E-state index < -0.39 is 23.7 Å². The molecule has 1 atom stereocenters. The van der Waals surface area contributed by atoms with E-state index in [9.17, 15) is 19.5 Å². The number of amides is 1. The van der Waals surface area contributed by atoms with Crippen molar-refractivity contribution in [2.45, 2.75) is 13.0 Å². The van der Waals surface area contributed by atoms with E-state index in [2.05, 4.69) is 0 Å². The lowest BCUT2D eigenvalue weighted by atomic mass is 9.95. The van der Waals surface area contributed by atoms with E-state index in [1.54, 1.807) is 67.6 Å². The van der Waals surface area contributed by atoms with Crippen LogP contribution in [-0.2, 0) is 14.3 Å². The first-order valence-electron chi connectivity index (χ1n) is 10.8. The van der Waals surface area contributed by atoms with Gasteiger partial charge in [0.2, 0.25) is 0 Å². The second-order valence-corrected chi connectivity index (χ2v) is 8.09. The molecule has 1 fully saturated rings. The van der Waals surface area contributed by atoms with Crippen molar-refractivity contribution in [3.63, 3.8) is 0 Å². The molecule has 0 radical (unpaired) electrons. The molecular formula is C27H22ClNO6. The largest absolute Gasteiger partial charge is 0.507 e. The molecule has 3 aromatic carbocycles. The number of halogens is 1. The number of hydrogen-bond donors (Lipinski definition) is 1. The molecule has 4 rings (SSSR count). The smallest absolute Gasteiger partial charge is 0.338 e. The van der Waals surface area contributed by atoms with Gasteiger partial charge in [-0.3, -0.25) is 14.5 Å². The van der Waals surface area contributed by atoms with Gasteiger partial charge >= 0.3 is 5.97 Å². The van der Waals surface area contributed by atoms with E-state index in [-0.39, 0.29) is 17.9 Å². The SMILES string of the molecule is CCOC(=O)c1ccc(N2C(=O)C(=O)/C(=C(\O)c3ccc(OC)cc3)[C@H]2c2ccccc2Cl)cc1. The number of aliphatic hydroxyl groups excluding tert-OH is 1. The number of aliphatic hydroxyl groups is 1. The quantitative estimate of drug-likeness (QED) is 0.222. The Morgan fingerprint density at radius 2 is 1.60 bits per heavy atom. The number of rotatable bonds is 6. The summed E-state index contributed by atoms with van der Waals surface area (Å²) in [7, 11) is 1.52. The molecule has 0 aliphatic carbocycles. The highest BCUT2D eigenvalue weighted by molar-refractivity contribution is 6.52. The Labute approximate surface area is 207 Å². The van der Waals surface area contributed by atoms with Gasteiger partial charge in [-0.05, 0) is 67.1 Å². The summed E-state index contributed by atoms with van der Waals surface area (Å²) in [5.74, 6) is -1.93. The number of benzene rings is 3. The van der Waals surface area contributed by atoms with Gasteiger partial charge in [-0.2, -0.15) is 0 Å². The Morgan fingerprint density at radius 1 is 0.971 bits per heavy atom. The summed E-state index contributed by atoms with van der Waals surface area (Å²) in [6.07, 6.45) is 0. The fraction of sp³-hybridized carbons (Fsp3) is 0.148. The Morgan fingerprint density at radius 3 is 2.20 bits per heavy atom.